The summed E-state index contributed by atoms with van der Waals surface area (Å²) >= 11 is 1.69. The zero-order chi connectivity index (χ0) is 11.4. The van der Waals surface area contributed by atoms with Gasteiger partial charge in [-0.05, 0) is 26.0 Å². The quantitative estimate of drug-likeness (QED) is 0.882. The fourth-order valence-corrected chi connectivity index (χ4v) is 2.18. The van der Waals surface area contributed by atoms with E-state index in [-0.39, 0.29) is 6.04 Å². The van der Waals surface area contributed by atoms with Gasteiger partial charge in [-0.15, -0.1) is 11.3 Å². The fraction of sp³-hybridized carbons (Fsp3) is 0.333. The highest BCUT2D eigenvalue weighted by atomic mass is 32.1. The average Bonchev–Trinajstić information content (AvgIpc) is 2.73. The summed E-state index contributed by atoms with van der Waals surface area (Å²) in [5.74, 6) is 0. The Morgan fingerprint density at radius 2 is 2.31 bits per heavy atom. The van der Waals surface area contributed by atoms with Crippen molar-refractivity contribution in [1.29, 1.82) is 0 Å². The molecular formula is C12H15N3S. The van der Waals surface area contributed by atoms with Crippen LogP contribution in [0.5, 0.6) is 0 Å². The smallest absolute Gasteiger partial charge is 0.107 e. The number of aromatic nitrogens is 2. The minimum Gasteiger partial charge on any atom is -0.302 e. The van der Waals surface area contributed by atoms with Crippen molar-refractivity contribution in [3.05, 3.63) is 46.2 Å². The molecule has 0 bridgehead atoms. The Labute approximate surface area is 99.6 Å². The van der Waals surface area contributed by atoms with Gasteiger partial charge in [0.1, 0.15) is 5.01 Å². The maximum absolute atomic E-state index is 4.41. The largest absolute Gasteiger partial charge is 0.302 e. The number of nitrogens with zero attached hydrogens (tertiary/aromatic N) is 2. The maximum Gasteiger partial charge on any atom is 0.107 e. The van der Waals surface area contributed by atoms with Gasteiger partial charge in [-0.2, -0.15) is 0 Å². The molecule has 0 aromatic carbocycles. The Kier molecular flexibility index (Phi) is 3.64. The number of nitrogens with one attached hydrogen (secondary N) is 1. The van der Waals surface area contributed by atoms with Crippen LogP contribution in [0.3, 0.4) is 0 Å². The van der Waals surface area contributed by atoms with Crippen LogP contribution in [0, 0.1) is 6.92 Å². The molecule has 0 aliphatic carbocycles. The molecule has 3 nitrogen and oxygen atoms in total. The Morgan fingerprint density at radius 1 is 1.44 bits per heavy atom. The molecular weight excluding hydrogens is 218 g/mol. The first-order valence-electron chi connectivity index (χ1n) is 5.31. The first kappa shape index (κ1) is 11.2. The minimum absolute atomic E-state index is 0.255. The molecule has 2 aromatic rings. The number of hydrogen-bond acceptors (Lipinski definition) is 4. The average molecular weight is 233 g/mol. The number of rotatable bonds is 4. The van der Waals surface area contributed by atoms with Crippen LogP contribution >= 0.6 is 11.3 Å². The SMILES string of the molecule is Cc1csc(CNC(C)c2ccccn2)n1. The second kappa shape index (κ2) is 5.18. The van der Waals surface area contributed by atoms with Gasteiger partial charge in [0, 0.05) is 29.9 Å². The summed E-state index contributed by atoms with van der Waals surface area (Å²) in [6.45, 7) is 4.93. The lowest BCUT2D eigenvalue weighted by atomic mass is 10.2. The van der Waals surface area contributed by atoms with Gasteiger partial charge in [0.05, 0.1) is 5.69 Å². The van der Waals surface area contributed by atoms with E-state index in [0.29, 0.717) is 0 Å². The molecule has 4 heteroatoms. The lowest BCUT2D eigenvalue weighted by molar-refractivity contribution is 0.560. The van der Waals surface area contributed by atoms with E-state index in [1.165, 1.54) is 0 Å². The molecule has 0 aliphatic heterocycles. The highest BCUT2D eigenvalue weighted by Crippen LogP contribution is 2.12. The molecule has 0 amide bonds. The molecule has 0 fully saturated rings. The van der Waals surface area contributed by atoms with Gasteiger partial charge >= 0.3 is 0 Å². The van der Waals surface area contributed by atoms with Crippen molar-refractivity contribution < 1.29 is 0 Å². The van der Waals surface area contributed by atoms with Crippen LogP contribution in [0.1, 0.15) is 29.4 Å². The number of thiazole rings is 1. The summed E-state index contributed by atoms with van der Waals surface area (Å²) in [6, 6.07) is 6.23. The predicted molar refractivity (Wildman–Crippen MR) is 66.3 cm³/mol. The van der Waals surface area contributed by atoms with E-state index in [9.17, 15) is 0 Å². The van der Waals surface area contributed by atoms with Crippen molar-refractivity contribution in [1.82, 2.24) is 15.3 Å². The lowest BCUT2D eigenvalue weighted by Crippen LogP contribution is -2.18. The summed E-state index contributed by atoms with van der Waals surface area (Å²) in [5, 5.41) is 6.61. The monoisotopic (exact) mass is 233 g/mol. The van der Waals surface area contributed by atoms with Gasteiger partial charge in [-0.25, -0.2) is 4.98 Å². The highest BCUT2D eigenvalue weighted by Gasteiger charge is 2.06. The zero-order valence-corrected chi connectivity index (χ0v) is 10.3. The molecule has 0 saturated heterocycles. The van der Waals surface area contributed by atoms with E-state index in [0.717, 1.165) is 22.9 Å². The van der Waals surface area contributed by atoms with Crippen LogP contribution in [-0.2, 0) is 6.54 Å². The Bertz CT molecular complexity index is 439. The minimum atomic E-state index is 0.255. The molecule has 2 rings (SSSR count). The molecule has 84 valence electrons. The molecule has 0 radical (unpaired) electrons. The first-order valence-corrected chi connectivity index (χ1v) is 6.19. The predicted octanol–water partition coefficient (Wildman–Crippen LogP) is 2.70. The second-order valence-electron chi connectivity index (χ2n) is 3.74. The molecule has 1 atom stereocenters. The van der Waals surface area contributed by atoms with Crippen LogP contribution in [-0.4, -0.2) is 9.97 Å². The maximum atomic E-state index is 4.41. The summed E-state index contributed by atoms with van der Waals surface area (Å²) in [7, 11) is 0. The van der Waals surface area contributed by atoms with Crippen LogP contribution in [0.25, 0.3) is 0 Å². The first-order chi connectivity index (χ1) is 7.75. The molecule has 0 spiro atoms. The van der Waals surface area contributed by atoms with Crippen LogP contribution in [0.4, 0.5) is 0 Å². The fourth-order valence-electron chi connectivity index (χ4n) is 1.46. The van der Waals surface area contributed by atoms with Crippen molar-refractivity contribution in [2.75, 3.05) is 0 Å². The summed E-state index contributed by atoms with van der Waals surface area (Å²) < 4.78 is 0. The molecule has 16 heavy (non-hydrogen) atoms. The third-order valence-electron chi connectivity index (χ3n) is 2.36. The van der Waals surface area contributed by atoms with E-state index >= 15 is 0 Å². The van der Waals surface area contributed by atoms with E-state index in [4.69, 9.17) is 0 Å². The Morgan fingerprint density at radius 3 is 2.94 bits per heavy atom. The second-order valence-corrected chi connectivity index (χ2v) is 4.68. The van der Waals surface area contributed by atoms with Gasteiger partial charge in [0.2, 0.25) is 0 Å². The lowest BCUT2D eigenvalue weighted by Gasteiger charge is -2.11. The van der Waals surface area contributed by atoms with E-state index in [1.54, 1.807) is 11.3 Å². The van der Waals surface area contributed by atoms with Crippen molar-refractivity contribution in [2.45, 2.75) is 26.4 Å². The summed E-state index contributed by atoms with van der Waals surface area (Å²) in [6.07, 6.45) is 1.82. The van der Waals surface area contributed by atoms with Crippen molar-refractivity contribution in [3.8, 4) is 0 Å². The van der Waals surface area contributed by atoms with Crippen molar-refractivity contribution in [3.63, 3.8) is 0 Å². The molecule has 0 aliphatic rings. The van der Waals surface area contributed by atoms with Crippen molar-refractivity contribution >= 4 is 11.3 Å². The van der Waals surface area contributed by atoms with Gasteiger partial charge in [0.15, 0.2) is 0 Å². The molecule has 1 N–H and O–H groups in total. The normalized spacial score (nSPS) is 12.6. The number of pyridine rings is 1. The van der Waals surface area contributed by atoms with Gasteiger partial charge in [0.25, 0.3) is 0 Å². The molecule has 0 saturated carbocycles. The Hall–Kier alpha value is -1.26. The topological polar surface area (TPSA) is 37.8 Å². The molecule has 2 aromatic heterocycles. The van der Waals surface area contributed by atoms with E-state index < -0.39 is 0 Å². The number of hydrogen-bond donors (Lipinski definition) is 1. The van der Waals surface area contributed by atoms with E-state index in [1.807, 2.05) is 31.3 Å². The molecule has 2 heterocycles. The standard InChI is InChI=1S/C12H15N3S/c1-9-8-16-12(15-9)7-14-10(2)11-5-3-4-6-13-11/h3-6,8,10,14H,7H2,1-2H3. The van der Waals surface area contributed by atoms with Crippen LogP contribution < -0.4 is 5.32 Å². The Balaban J connectivity index is 1.91. The van der Waals surface area contributed by atoms with Crippen molar-refractivity contribution in [2.24, 2.45) is 0 Å². The summed E-state index contributed by atoms with van der Waals surface area (Å²) in [5.41, 5.74) is 2.16. The van der Waals surface area contributed by atoms with Crippen LogP contribution in [0.15, 0.2) is 29.8 Å². The third kappa shape index (κ3) is 2.87. The van der Waals surface area contributed by atoms with Gasteiger partial charge < -0.3 is 5.32 Å². The highest BCUT2D eigenvalue weighted by molar-refractivity contribution is 7.09. The third-order valence-corrected chi connectivity index (χ3v) is 3.32. The van der Waals surface area contributed by atoms with Crippen LogP contribution in [0.2, 0.25) is 0 Å². The van der Waals surface area contributed by atoms with E-state index in [2.05, 4.69) is 27.6 Å². The number of aryl methyl sites for hydroxylation is 1. The summed E-state index contributed by atoms with van der Waals surface area (Å²) in [4.78, 5) is 8.73. The molecule has 1 unspecified atom stereocenters. The van der Waals surface area contributed by atoms with Gasteiger partial charge in [-0.3, -0.25) is 4.98 Å². The zero-order valence-electron chi connectivity index (χ0n) is 9.47. The van der Waals surface area contributed by atoms with Gasteiger partial charge in [-0.1, -0.05) is 6.07 Å².